The minimum atomic E-state index is 0.654. The van der Waals surface area contributed by atoms with Gasteiger partial charge in [-0.25, -0.2) is 0 Å². The maximum Gasteiger partial charge on any atom is 0.0703 e. The van der Waals surface area contributed by atoms with Gasteiger partial charge in [-0.15, -0.1) is 0 Å². The summed E-state index contributed by atoms with van der Waals surface area (Å²) >= 11 is 2.01. The van der Waals surface area contributed by atoms with Crippen LogP contribution >= 0.6 is 11.8 Å². The van der Waals surface area contributed by atoms with E-state index in [0.29, 0.717) is 6.04 Å². The Morgan fingerprint density at radius 3 is 2.75 bits per heavy atom. The zero-order valence-corrected chi connectivity index (χ0v) is 11.2. The Labute approximate surface area is 102 Å². The van der Waals surface area contributed by atoms with Crippen molar-refractivity contribution in [3.63, 3.8) is 0 Å². The Morgan fingerprint density at radius 2 is 2.19 bits per heavy atom. The van der Waals surface area contributed by atoms with Crippen LogP contribution in [0.3, 0.4) is 0 Å². The fourth-order valence-electron chi connectivity index (χ4n) is 2.22. The maximum atomic E-state index is 4.69. The summed E-state index contributed by atoms with van der Waals surface area (Å²) in [6.07, 6.45) is 2.35. The van der Waals surface area contributed by atoms with Gasteiger partial charge >= 0.3 is 0 Å². The van der Waals surface area contributed by atoms with Gasteiger partial charge in [0.2, 0.25) is 0 Å². The van der Waals surface area contributed by atoms with Gasteiger partial charge in [0, 0.05) is 17.2 Å². The van der Waals surface area contributed by atoms with E-state index in [0.717, 1.165) is 13.0 Å². The lowest BCUT2D eigenvalue weighted by molar-refractivity contribution is 0.510. The van der Waals surface area contributed by atoms with Gasteiger partial charge < -0.3 is 5.32 Å². The standard InChI is InChI=1S/C12H21N3S/c1-9-12(5-4-6-13-3)10(2)15(14-9)11-7-16-8-11/h11,13H,4-8H2,1-3H3. The van der Waals surface area contributed by atoms with E-state index < -0.39 is 0 Å². The molecule has 90 valence electrons. The van der Waals surface area contributed by atoms with Crippen molar-refractivity contribution in [2.75, 3.05) is 25.1 Å². The normalized spacial score (nSPS) is 16.4. The second-order valence-electron chi connectivity index (χ2n) is 4.49. The topological polar surface area (TPSA) is 29.9 Å². The Kier molecular flexibility index (Phi) is 3.92. The number of aromatic nitrogens is 2. The number of thioether (sulfide) groups is 1. The molecular formula is C12H21N3S. The summed E-state index contributed by atoms with van der Waals surface area (Å²) in [5.41, 5.74) is 4.08. The molecule has 0 atom stereocenters. The van der Waals surface area contributed by atoms with Crippen LogP contribution in [0.4, 0.5) is 0 Å². The Bertz CT molecular complexity index is 355. The molecule has 2 rings (SSSR count). The summed E-state index contributed by atoms with van der Waals surface area (Å²) in [4.78, 5) is 0. The molecule has 1 aromatic rings. The molecule has 0 saturated carbocycles. The predicted molar refractivity (Wildman–Crippen MR) is 70.3 cm³/mol. The third-order valence-electron chi connectivity index (χ3n) is 3.29. The van der Waals surface area contributed by atoms with Crippen LogP contribution in [0.5, 0.6) is 0 Å². The molecule has 0 unspecified atom stereocenters. The van der Waals surface area contributed by atoms with E-state index in [-0.39, 0.29) is 0 Å². The highest BCUT2D eigenvalue weighted by atomic mass is 32.2. The second-order valence-corrected chi connectivity index (χ2v) is 5.57. The highest BCUT2D eigenvalue weighted by Gasteiger charge is 2.24. The molecule has 0 aliphatic carbocycles. The van der Waals surface area contributed by atoms with Crippen molar-refractivity contribution in [2.24, 2.45) is 0 Å². The van der Waals surface area contributed by atoms with Crippen LogP contribution in [0.2, 0.25) is 0 Å². The van der Waals surface area contributed by atoms with Crippen molar-refractivity contribution in [3.8, 4) is 0 Å². The van der Waals surface area contributed by atoms with Gasteiger partial charge in [0.1, 0.15) is 0 Å². The fourth-order valence-corrected chi connectivity index (χ4v) is 2.95. The number of rotatable bonds is 5. The van der Waals surface area contributed by atoms with E-state index in [1.165, 1.54) is 34.9 Å². The molecule has 4 heteroatoms. The van der Waals surface area contributed by atoms with Crippen LogP contribution < -0.4 is 5.32 Å². The first-order valence-electron chi connectivity index (χ1n) is 6.01. The van der Waals surface area contributed by atoms with Crippen molar-refractivity contribution >= 4 is 11.8 Å². The minimum absolute atomic E-state index is 0.654. The van der Waals surface area contributed by atoms with E-state index in [9.17, 15) is 0 Å². The van der Waals surface area contributed by atoms with E-state index in [4.69, 9.17) is 5.10 Å². The summed E-state index contributed by atoms with van der Waals surface area (Å²) in [6, 6.07) is 0.654. The number of aryl methyl sites for hydroxylation is 1. The first-order chi connectivity index (χ1) is 7.74. The van der Waals surface area contributed by atoms with Crippen molar-refractivity contribution < 1.29 is 0 Å². The molecule has 1 aliphatic heterocycles. The Hall–Kier alpha value is -0.480. The third kappa shape index (κ3) is 2.28. The average molecular weight is 239 g/mol. The highest BCUT2D eigenvalue weighted by Crippen LogP contribution is 2.31. The molecule has 0 aromatic carbocycles. The van der Waals surface area contributed by atoms with Crippen molar-refractivity contribution in [1.29, 1.82) is 0 Å². The van der Waals surface area contributed by atoms with Crippen molar-refractivity contribution in [1.82, 2.24) is 15.1 Å². The molecule has 0 radical (unpaired) electrons. The van der Waals surface area contributed by atoms with Gasteiger partial charge in [-0.05, 0) is 45.8 Å². The summed E-state index contributed by atoms with van der Waals surface area (Å²) in [7, 11) is 2.01. The molecule has 0 amide bonds. The molecule has 1 fully saturated rings. The number of hydrogen-bond acceptors (Lipinski definition) is 3. The summed E-state index contributed by atoms with van der Waals surface area (Å²) < 4.78 is 2.25. The molecule has 16 heavy (non-hydrogen) atoms. The van der Waals surface area contributed by atoms with Gasteiger partial charge in [0.15, 0.2) is 0 Å². The highest BCUT2D eigenvalue weighted by molar-refractivity contribution is 8.00. The zero-order valence-electron chi connectivity index (χ0n) is 10.4. The summed E-state index contributed by atoms with van der Waals surface area (Å²) in [6.45, 7) is 5.45. The van der Waals surface area contributed by atoms with E-state index in [1.807, 2.05) is 18.8 Å². The fraction of sp³-hybridized carbons (Fsp3) is 0.750. The molecule has 0 bridgehead atoms. The lowest BCUT2D eigenvalue weighted by atomic mass is 10.1. The lowest BCUT2D eigenvalue weighted by Gasteiger charge is -2.26. The molecule has 0 spiro atoms. The van der Waals surface area contributed by atoms with Crippen molar-refractivity contribution in [3.05, 3.63) is 17.0 Å². The zero-order chi connectivity index (χ0) is 11.5. The van der Waals surface area contributed by atoms with Gasteiger partial charge in [0.25, 0.3) is 0 Å². The van der Waals surface area contributed by atoms with Crippen LogP contribution in [0.15, 0.2) is 0 Å². The predicted octanol–water partition coefficient (Wildman–Crippen LogP) is 1.94. The van der Waals surface area contributed by atoms with E-state index in [2.05, 4.69) is 23.8 Å². The number of nitrogens with one attached hydrogen (secondary N) is 1. The molecular weight excluding hydrogens is 218 g/mol. The Morgan fingerprint density at radius 1 is 1.44 bits per heavy atom. The van der Waals surface area contributed by atoms with Crippen LogP contribution in [0, 0.1) is 13.8 Å². The first-order valence-corrected chi connectivity index (χ1v) is 7.16. The van der Waals surface area contributed by atoms with E-state index in [1.54, 1.807) is 0 Å². The number of nitrogens with zero attached hydrogens (tertiary/aromatic N) is 2. The molecule has 3 nitrogen and oxygen atoms in total. The van der Waals surface area contributed by atoms with Crippen LogP contribution in [-0.4, -0.2) is 34.9 Å². The van der Waals surface area contributed by atoms with Gasteiger partial charge in [-0.3, -0.25) is 4.68 Å². The van der Waals surface area contributed by atoms with Crippen LogP contribution in [0.25, 0.3) is 0 Å². The molecule has 1 N–H and O–H groups in total. The lowest BCUT2D eigenvalue weighted by Crippen LogP contribution is -2.24. The molecule has 1 aromatic heterocycles. The summed E-state index contributed by atoms with van der Waals surface area (Å²) in [5, 5.41) is 7.89. The molecule has 1 aliphatic rings. The average Bonchev–Trinajstić information content (AvgIpc) is 2.43. The maximum absolute atomic E-state index is 4.69. The van der Waals surface area contributed by atoms with Crippen LogP contribution in [0.1, 0.15) is 29.4 Å². The number of hydrogen-bond donors (Lipinski definition) is 1. The largest absolute Gasteiger partial charge is 0.320 e. The minimum Gasteiger partial charge on any atom is -0.320 e. The second kappa shape index (κ2) is 5.23. The van der Waals surface area contributed by atoms with E-state index >= 15 is 0 Å². The van der Waals surface area contributed by atoms with Crippen molar-refractivity contribution in [2.45, 2.75) is 32.7 Å². The van der Waals surface area contributed by atoms with Gasteiger partial charge in [-0.1, -0.05) is 0 Å². The van der Waals surface area contributed by atoms with Crippen LogP contribution in [-0.2, 0) is 6.42 Å². The van der Waals surface area contributed by atoms with Gasteiger partial charge in [-0.2, -0.15) is 16.9 Å². The first kappa shape index (κ1) is 12.0. The molecule has 2 heterocycles. The molecule has 1 saturated heterocycles. The smallest absolute Gasteiger partial charge is 0.0703 e. The quantitative estimate of drug-likeness (QED) is 0.796. The van der Waals surface area contributed by atoms with Gasteiger partial charge in [0.05, 0.1) is 11.7 Å². The third-order valence-corrected chi connectivity index (χ3v) is 4.54. The summed E-state index contributed by atoms with van der Waals surface area (Å²) in [5.74, 6) is 2.47. The Balaban J connectivity index is 2.08. The SMILES string of the molecule is CNCCCc1c(C)nn(C2CSC2)c1C. The monoisotopic (exact) mass is 239 g/mol.